The number of aromatic nitrogens is 2. The summed E-state index contributed by atoms with van der Waals surface area (Å²) < 4.78 is 6.14. The molecule has 8 aromatic carbocycles. The van der Waals surface area contributed by atoms with Crippen LogP contribution < -0.4 is 0 Å². The maximum absolute atomic E-state index is 6.14. The molecule has 3 nitrogen and oxygen atoms in total. The summed E-state index contributed by atoms with van der Waals surface area (Å²) in [6.07, 6.45) is 0. The fraction of sp³-hybridized carbons (Fsp3) is 0.0370. The van der Waals surface area contributed by atoms with E-state index in [1.54, 1.807) is 0 Å². The van der Waals surface area contributed by atoms with Crippen LogP contribution in [-0.2, 0) is 5.41 Å². The van der Waals surface area contributed by atoms with E-state index in [4.69, 9.17) is 14.4 Å². The number of furan rings is 1. The van der Waals surface area contributed by atoms with E-state index in [2.05, 4.69) is 177 Å². The Morgan fingerprint density at radius 3 is 1.84 bits per heavy atom. The van der Waals surface area contributed by atoms with Crippen LogP contribution in [0.2, 0.25) is 0 Å². The SMILES string of the molecule is CC1(c2ccccc2)c2ccccc2-c2ccc(-c3cc(-c4ccccc4-c4cccc(-c5ccc6oc7ccccc7c6c5)c4)nc(-c4ccccc4)n3)cc21. The lowest BCUT2D eigenvalue weighted by Gasteiger charge is -2.28. The van der Waals surface area contributed by atoms with Crippen molar-refractivity contribution in [2.24, 2.45) is 0 Å². The van der Waals surface area contributed by atoms with Crippen molar-refractivity contribution in [1.82, 2.24) is 9.97 Å². The van der Waals surface area contributed by atoms with Gasteiger partial charge in [0.25, 0.3) is 0 Å². The highest BCUT2D eigenvalue weighted by Gasteiger charge is 2.40. The maximum Gasteiger partial charge on any atom is 0.160 e. The van der Waals surface area contributed by atoms with Crippen LogP contribution in [0.25, 0.3) is 89.2 Å². The normalized spacial score (nSPS) is 14.5. The highest BCUT2D eigenvalue weighted by atomic mass is 16.3. The Morgan fingerprint density at radius 1 is 0.368 bits per heavy atom. The number of para-hydroxylation sites is 1. The number of fused-ring (bicyclic) bond motifs is 6. The van der Waals surface area contributed by atoms with E-state index in [0.29, 0.717) is 5.82 Å². The molecule has 57 heavy (non-hydrogen) atoms. The van der Waals surface area contributed by atoms with Crippen LogP contribution in [-0.4, -0.2) is 9.97 Å². The van der Waals surface area contributed by atoms with Crippen LogP contribution in [0.4, 0.5) is 0 Å². The first-order valence-electron chi connectivity index (χ1n) is 19.5. The molecule has 0 amide bonds. The van der Waals surface area contributed by atoms with Gasteiger partial charge in [0.05, 0.1) is 11.4 Å². The molecular weight excluding hydrogens is 693 g/mol. The molecule has 0 bridgehead atoms. The first-order chi connectivity index (χ1) is 28.1. The molecular formula is C54H36N2O. The number of nitrogens with zero attached hydrogens (tertiary/aromatic N) is 2. The second-order valence-corrected chi connectivity index (χ2v) is 15.1. The fourth-order valence-electron chi connectivity index (χ4n) is 8.91. The van der Waals surface area contributed by atoms with E-state index in [9.17, 15) is 0 Å². The molecule has 0 saturated heterocycles. The molecule has 0 N–H and O–H groups in total. The average Bonchev–Trinajstić information content (AvgIpc) is 3.79. The van der Waals surface area contributed by atoms with Gasteiger partial charge >= 0.3 is 0 Å². The van der Waals surface area contributed by atoms with Gasteiger partial charge in [0, 0.05) is 32.9 Å². The topological polar surface area (TPSA) is 38.9 Å². The molecule has 1 aliphatic rings. The Morgan fingerprint density at radius 2 is 0.982 bits per heavy atom. The summed E-state index contributed by atoms with van der Waals surface area (Å²) >= 11 is 0. The van der Waals surface area contributed by atoms with E-state index in [-0.39, 0.29) is 5.41 Å². The van der Waals surface area contributed by atoms with E-state index in [1.165, 1.54) is 27.8 Å². The molecule has 1 unspecified atom stereocenters. The molecule has 2 aromatic heterocycles. The van der Waals surface area contributed by atoms with Gasteiger partial charge in [-0.1, -0.05) is 164 Å². The zero-order valence-electron chi connectivity index (χ0n) is 31.4. The van der Waals surface area contributed by atoms with Crippen molar-refractivity contribution in [3.05, 3.63) is 217 Å². The molecule has 11 rings (SSSR count). The highest BCUT2D eigenvalue weighted by molar-refractivity contribution is 6.06. The second kappa shape index (κ2) is 13.1. The van der Waals surface area contributed by atoms with Crippen LogP contribution >= 0.6 is 0 Å². The summed E-state index contributed by atoms with van der Waals surface area (Å²) in [5.74, 6) is 0.696. The lowest BCUT2D eigenvalue weighted by molar-refractivity contribution is 0.669. The monoisotopic (exact) mass is 728 g/mol. The second-order valence-electron chi connectivity index (χ2n) is 15.1. The molecule has 2 heterocycles. The number of hydrogen-bond acceptors (Lipinski definition) is 3. The standard InChI is InChI=1S/C54H36N2O/c1-54(40-19-6-3-7-20-40)47-25-12-10-22-42(47)43-29-27-39(33-48(43)54)49-34-50(56-53(55-49)35-15-4-2-5-16-35)44-23-9-8-21-41(44)38-18-14-17-36(31-38)37-28-30-52-46(32-37)45-24-11-13-26-51(45)57-52/h2-34H,1H3. The number of hydrogen-bond donors (Lipinski definition) is 0. The summed E-state index contributed by atoms with van der Waals surface area (Å²) in [7, 11) is 0. The van der Waals surface area contributed by atoms with E-state index < -0.39 is 0 Å². The molecule has 268 valence electrons. The summed E-state index contributed by atoms with van der Waals surface area (Å²) in [6, 6.07) is 71.1. The van der Waals surface area contributed by atoms with Crippen molar-refractivity contribution in [3.8, 4) is 67.3 Å². The third-order valence-corrected chi connectivity index (χ3v) is 11.8. The van der Waals surface area contributed by atoms with Crippen LogP contribution in [0.5, 0.6) is 0 Å². The van der Waals surface area contributed by atoms with Crippen molar-refractivity contribution in [1.29, 1.82) is 0 Å². The molecule has 1 atom stereocenters. The highest BCUT2D eigenvalue weighted by Crippen LogP contribution is 2.53. The largest absolute Gasteiger partial charge is 0.456 e. The molecule has 10 aromatic rings. The summed E-state index contributed by atoms with van der Waals surface area (Å²) in [5.41, 5.74) is 17.3. The first-order valence-corrected chi connectivity index (χ1v) is 19.5. The quantitative estimate of drug-likeness (QED) is 0.171. The molecule has 3 heteroatoms. The van der Waals surface area contributed by atoms with Gasteiger partial charge in [0.2, 0.25) is 0 Å². The van der Waals surface area contributed by atoms with Gasteiger partial charge in [0.15, 0.2) is 5.82 Å². The minimum atomic E-state index is -0.311. The molecule has 0 fully saturated rings. The van der Waals surface area contributed by atoms with E-state index in [0.717, 1.165) is 72.3 Å². The van der Waals surface area contributed by atoms with Crippen molar-refractivity contribution >= 4 is 21.9 Å². The van der Waals surface area contributed by atoms with Crippen molar-refractivity contribution in [2.45, 2.75) is 12.3 Å². The van der Waals surface area contributed by atoms with Crippen LogP contribution in [0.15, 0.2) is 205 Å². The molecule has 0 saturated carbocycles. The van der Waals surface area contributed by atoms with Crippen LogP contribution in [0.3, 0.4) is 0 Å². The minimum Gasteiger partial charge on any atom is -0.456 e. The van der Waals surface area contributed by atoms with Crippen molar-refractivity contribution in [3.63, 3.8) is 0 Å². The van der Waals surface area contributed by atoms with Crippen LogP contribution in [0.1, 0.15) is 23.6 Å². The lowest BCUT2D eigenvalue weighted by Crippen LogP contribution is -2.22. The van der Waals surface area contributed by atoms with Gasteiger partial charge < -0.3 is 4.42 Å². The summed E-state index contributed by atoms with van der Waals surface area (Å²) in [5, 5.41) is 2.25. The third-order valence-electron chi connectivity index (χ3n) is 11.8. The predicted molar refractivity (Wildman–Crippen MR) is 234 cm³/mol. The van der Waals surface area contributed by atoms with Gasteiger partial charge in [-0.15, -0.1) is 0 Å². The average molecular weight is 729 g/mol. The molecule has 1 aliphatic carbocycles. The van der Waals surface area contributed by atoms with Gasteiger partial charge in [-0.2, -0.15) is 0 Å². The molecule has 0 aliphatic heterocycles. The maximum atomic E-state index is 6.14. The molecule has 0 spiro atoms. The third kappa shape index (κ3) is 5.43. The van der Waals surface area contributed by atoms with Crippen molar-refractivity contribution < 1.29 is 4.42 Å². The van der Waals surface area contributed by atoms with E-state index >= 15 is 0 Å². The Kier molecular flexibility index (Phi) is 7.61. The van der Waals surface area contributed by atoms with Crippen molar-refractivity contribution in [2.75, 3.05) is 0 Å². The molecule has 0 radical (unpaired) electrons. The predicted octanol–water partition coefficient (Wildman–Crippen LogP) is 14.0. The first kappa shape index (κ1) is 33.0. The Hall–Kier alpha value is -7.36. The zero-order chi connectivity index (χ0) is 37.9. The lowest BCUT2D eigenvalue weighted by atomic mass is 9.74. The minimum absolute atomic E-state index is 0.311. The van der Waals surface area contributed by atoms with Crippen LogP contribution in [0, 0.1) is 0 Å². The number of rotatable bonds is 6. The van der Waals surface area contributed by atoms with E-state index in [1.807, 2.05) is 30.3 Å². The fourth-order valence-corrected chi connectivity index (χ4v) is 8.91. The number of benzene rings is 8. The van der Waals surface area contributed by atoms with Gasteiger partial charge in [-0.05, 0) is 93.4 Å². The van der Waals surface area contributed by atoms with Gasteiger partial charge in [-0.3, -0.25) is 0 Å². The zero-order valence-corrected chi connectivity index (χ0v) is 31.4. The Labute approximate surface area is 331 Å². The van der Waals surface area contributed by atoms with Gasteiger partial charge in [-0.25, -0.2) is 9.97 Å². The summed E-state index contributed by atoms with van der Waals surface area (Å²) in [4.78, 5) is 10.6. The Balaban J connectivity index is 1.05. The Bertz CT molecular complexity index is 3140. The van der Waals surface area contributed by atoms with Gasteiger partial charge in [0.1, 0.15) is 11.2 Å². The smallest absolute Gasteiger partial charge is 0.160 e. The summed E-state index contributed by atoms with van der Waals surface area (Å²) in [6.45, 7) is 2.36.